The number of nitrogens with zero attached hydrogens (tertiary/aromatic N) is 2. The lowest BCUT2D eigenvalue weighted by Gasteiger charge is -2.15. The van der Waals surface area contributed by atoms with Gasteiger partial charge in [-0.15, -0.1) is 0 Å². The highest BCUT2D eigenvalue weighted by molar-refractivity contribution is 6.55. The highest BCUT2D eigenvalue weighted by Gasteiger charge is 2.24. The summed E-state index contributed by atoms with van der Waals surface area (Å²) in [4.78, 5) is 3.87. The molecular weight excluding hydrogens is 489 g/mol. The van der Waals surface area contributed by atoms with Gasteiger partial charge in [-0.3, -0.25) is 0 Å². The minimum Gasteiger partial charge on any atom is -0.491 e. The standard InChI is InChI=1S/C21H21Cl3F2N2O4/c1-13(28-29)16-10-15(30-9-6-18(23)24)11-17(22)20(16)32-8-3-7-31-19-5-4-14(12-27-19)21(2,25)26/h4-6,10-12,29H,3,7-9H2,1-2H3/b28-13-. The fraction of sp³-hybridized carbons (Fsp3) is 0.333. The lowest BCUT2D eigenvalue weighted by molar-refractivity contribution is 0.0170. The zero-order chi connectivity index (χ0) is 23.7. The topological polar surface area (TPSA) is 73.2 Å². The van der Waals surface area contributed by atoms with Crippen LogP contribution < -0.4 is 14.2 Å². The Morgan fingerprint density at radius 2 is 1.91 bits per heavy atom. The van der Waals surface area contributed by atoms with E-state index in [1.54, 1.807) is 19.1 Å². The third-order valence-corrected chi connectivity index (χ3v) is 4.66. The Labute approximate surface area is 199 Å². The van der Waals surface area contributed by atoms with E-state index >= 15 is 0 Å². The van der Waals surface area contributed by atoms with Crippen molar-refractivity contribution in [2.75, 3.05) is 19.8 Å². The van der Waals surface area contributed by atoms with Gasteiger partial charge in [-0.2, -0.15) is 0 Å². The Hall–Kier alpha value is -2.29. The average Bonchev–Trinajstić information content (AvgIpc) is 2.73. The molecule has 0 fully saturated rings. The molecule has 11 heteroatoms. The molecule has 0 atom stereocenters. The van der Waals surface area contributed by atoms with Crippen LogP contribution in [0.5, 0.6) is 17.4 Å². The predicted molar refractivity (Wildman–Crippen MR) is 120 cm³/mol. The third-order valence-electron chi connectivity index (χ3n) is 4.07. The summed E-state index contributed by atoms with van der Waals surface area (Å²) in [5.41, 5.74) is 0.520. The van der Waals surface area contributed by atoms with E-state index in [4.69, 9.17) is 49.0 Å². The number of oxime groups is 1. The van der Waals surface area contributed by atoms with Crippen LogP contribution in [0, 0.1) is 0 Å². The number of alkyl halides is 2. The van der Waals surface area contributed by atoms with Crippen molar-refractivity contribution >= 4 is 40.5 Å². The van der Waals surface area contributed by atoms with Crippen molar-refractivity contribution in [1.82, 2.24) is 4.98 Å². The SMILES string of the molecule is C/C(=N/O)c1cc(OCC=C(Cl)Cl)cc(Cl)c1OCCCOc1ccc(C(C)(F)F)cn1. The summed E-state index contributed by atoms with van der Waals surface area (Å²) in [5.74, 6) is -2.01. The maximum atomic E-state index is 13.2. The first kappa shape index (κ1) is 26.0. The number of halogens is 5. The van der Waals surface area contributed by atoms with Gasteiger partial charge in [0.15, 0.2) is 0 Å². The van der Waals surface area contributed by atoms with Gasteiger partial charge >= 0.3 is 0 Å². The van der Waals surface area contributed by atoms with E-state index in [0.717, 1.165) is 13.1 Å². The van der Waals surface area contributed by atoms with E-state index in [0.29, 0.717) is 23.5 Å². The number of aromatic nitrogens is 1. The molecule has 6 nitrogen and oxygen atoms in total. The van der Waals surface area contributed by atoms with Crippen molar-refractivity contribution in [3.05, 3.63) is 57.2 Å². The van der Waals surface area contributed by atoms with Gasteiger partial charge in [-0.1, -0.05) is 40.0 Å². The highest BCUT2D eigenvalue weighted by Crippen LogP contribution is 2.34. The van der Waals surface area contributed by atoms with Gasteiger partial charge < -0.3 is 19.4 Å². The van der Waals surface area contributed by atoms with Crippen molar-refractivity contribution in [3.8, 4) is 17.4 Å². The van der Waals surface area contributed by atoms with Gasteiger partial charge in [0.2, 0.25) is 5.88 Å². The molecule has 0 spiro atoms. The number of rotatable bonds is 11. The number of hydrogen-bond acceptors (Lipinski definition) is 6. The molecule has 0 amide bonds. The fourth-order valence-corrected chi connectivity index (χ4v) is 2.85. The maximum Gasteiger partial charge on any atom is 0.272 e. The molecular formula is C21H21Cl3F2N2O4. The molecule has 0 aliphatic heterocycles. The number of benzene rings is 1. The quantitative estimate of drug-likeness (QED) is 0.160. The molecule has 32 heavy (non-hydrogen) atoms. The molecule has 0 saturated heterocycles. The average molecular weight is 510 g/mol. The second kappa shape index (κ2) is 12.1. The monoisotopic (exact) mass is 508 g/mol. The molecule has 0 radical (unpaired) electrons. The van der Waals surface area contributed by atoms with Crippen molar-refractivity contribution < 1.29 is 28.2 Å². The first-order chi connectivity index (χ1) is 15.1. The Morgan fingerprint density at radius 3 is 2.50 bits per heavy atom. The molecule has 0 saturated carbocycles. The molecule has 0 aliphatic carbocycles. The van der Waals surface area contributed by atoms with Crippen LogP contribution in [-0.2, 0) is 5.92 Å². The Balaban J connectivity index is 1.96. The van der Waals surface area contributed by atoms with Crippen LogP contribution in [0.2, 0.25) is 5.02 Å². The second-order valence-corrected chi connectivity index (χ2v) is 8.01. The van der Waals surface area contributed by atoms with Crippen LogP contribution >= 0.6 is 34.8 Å². The number of hydrogen-bond donors (Lipinski definition) is 1. The van der Waals surface area contributed by atoms with Crippen LogP contribution in [0.25, 0.3) is 0 Å². The largest absolute Gasteiger partial charge is 0.491 e. The van der Waals surface area contributed by atoms with Crippen molar-refractivity contribution in [2.24, 2.45) is 5.16 Å². The Kier molecular flexibility index (Phi) is 9.81. The summed E-state index contributed by atoms with van der Waals surface area (Å²) in [6.07, 6.45) is 3.00. The maximum absolute atomic E-state index is 13.2. The molecule has 1 heterocycles. The first-order valence-electron chi connectivity index (χ1n) is 9.38. The predicted octanol–water partition coefficient (Wildman–Crippen LogP) is 6.59. The van der Waals surface area contributed by atoms with Crippen LogP contribution in [0.4, 0.5) is 8.78 Å². The van der Waals surface area contributed by atoms with Crippen LogP contribution in [0.15, 0.2) is 46.2 Å². The molecule has 1 N–H and O–H groups in total. The summed E-state index contributed by atoms with van der Waals surface area (Å²) >= 11 is 17.4. The van der Waals surface area contributed by atoms with Gasteiger partial charge in [-0.25, -0.2) is 13.8 Å². The zero-order valence-corrected chi connectivity index (χ0v) is 19.5. The highest BCUT2D eigenvalue weighted by atomic mass is 35.5. The minimum absolute atomic E-state index is 0.0704. The summed E-state index contributed by atoms with van der Waals surface area (Å²) in [6, 6.07) is 5.81. The van der Waals surface area contributed by atoms with Gasteiger partial charge in [0, 0.05) is 42.8 Å². The third kappa shape index (κ3) is 8.00. The second-order valence-electron chi connectivity index (χ2n) is 6.60. The first-order valence-corrected chi connectivity index (χ1v) is 10.5. The van der Waals surface area contributed by atoms with Gasteiger partial charge in [-0.05, 0) is 25.1 Å². The van der Waals surface area contributed by atoms with E-state index in [9.17, 15) is 14.0 Å². The molecule has 2 aromatic rings. The summed E-state index contributed by atoms with van der Waals surface area (Å²) in [5, 5.41) is 12.6. The van der Waals surface area contributed by atoms with E-state index < -0.39 is 5.92 Å². The zero-order valence-electron chi connectivity index (χ0n) is 17.2. The molecule has 1 aromatic heterocycles. The van der Waals surface area contributed by atoms with Gasteiger partial charge in [0.05, 0.1) is 23.9 Å². The molecule has 0 bridgehead atoms. The fourth-order valence-electron chi connectivity index (χ4n) is 2.46. The van der Waals surface area contributed by atoms with E-state index in [1.807, 2.05) is 0 Å². The minimum atomic E-state index is -2.96. The Morgan fingerprint density at radius 1 is 1.19 bits per heavy atom. The number of pyridine rings is 1. The smallest absolute Gasteiger partial charge is 0.272 e. The van der Waals surface area contributed by atoms with E-state index in [2.05, 4.69) is 10.1 Å². The van der Waals surface area contributed by atoms with Crippen molar-refractivity contribution in [2.45, 2.75) is 26.2 Å². The lowest BCUT2D eigenvalue weighted by atomic mass is 10.1. The van der Waals surface area contributed by atoms with Crippen molar-refractivity contribution in [3.63, 3.8) is 0 Å². The summed E-state index contributed by atoms with van der Waals surface area (Å²) < 4.78 is 43.2. The van der Waals surface area contributed by atoms with E-state index in [-0.39, 0.29) is 46.5 Å². The van der Waals surface area contributed by atoms with Gasteiger partial charge in [0.1, 0.15) is 22.6 Å². The van der Waals surface area contributed by atoms with Crippen LogP contribution in [-0.4, -0.2) is 35.7 Å². The molecule has 174 valence electrons. The number of ether oxygens (including phenoxy) is 3. The molecule has 2 rings (SSSR count). The van der Waals surface area contributed by atoms with Crippen LogP contribution in [0.3, 0.4) is 0 Å². The normalized spacial score (nSPS) is 11.8. The molecule has 1 aromatic carbocycles. The van der Waals surface area contributed by atoms with E-state index in [1.165, 1.54) is 18.2 Å². The Bertz CT molecular complexity index is 961. The molecule has 0 unspecified atom stereocenters. The summed E-state index contributed by atoms with van der Waals surface area (Å²) in [6.45, 7) is 2.96. The summed E-state index contributed by atoms with van der Waals surface area (Å²) in [7, 11) is 0. The van der Waals surface area contributed by atoms with Crippen molar-refractivity contribution in [1.29, 1.82) is 0 Å². The van der Waals surface area contributed by atoms with Crippen LogP contribution in [0.1, 0.15) is 31.4 Å². The molecule has 0 aliphatic rings. The lowest BCUT2D eigenvalue weighted by Crippen LogP contribution is -2.10. The van der Waals surface area contributed by atoms with Gasteiger partial charge in [0.25, 0.3) is 5.92 Å².